The molecule has 74 valence electrons. The van der Waals surface area contributed by atoms with Crippen molar-refractivity contribution in [1.82, 2.24) is 0 Å². The van der Waals surface area contributed by atoms with E-state index in [4.69, 9.17) is 4.74 Å². The van der Waals surface area contributed by atoms with Crippen LogP contribution in [0.4, 0.5) is 0 Å². The van der Waals surface area contributed by atoms with Gasteiger partial charge in [-0.15, -0.1) is 0 Å². The Morgan fingerprint density at radius 1 is 1.38 bits per heavy atom. The Morgan fingerprint density at radius 2 is 2.08 bits per heavy atom. The largest absolute Gasteiger partial charge is 0.431 e. The van der Waals surface area contributed by atoms with Gasteiger partial charge in [0.25, 0.3) is 0 Å². The zero-order chi connectivity index (χ0) is 9.84. The Kier molecular flexibility index (Phi) is 3.52. The van der Waals surface area contributed by atoms with E-state index in [0.717, 1.165) is 12.2 Å². The molecule has 0 aromatic carbocycles. The summed E-state index contributed by atoms with van der Waals surface area (Å²) in [5.74, 6) is 1.11. The highest BCUT2D eigenvalue weighted by molar-refractivity contribution is 5.76. The van der Waals surface area contributed by atoms with E-state index in [-0.39, 0.29) is 17.8 Å². The molecule has 1 aliphatic rings. The van der Waals surface area contributed by atoms with Crippen molar-refractivity contribution in [3.8, 4) is 0 Å². The molecule has 0 aromatic heterocycles. The second-order valence-corrected chi connectivity index (χ2v) is 3.75. The van der Waals surface area contributed by atoms with E-state index < -0.39 is 0 Å². The smallest absolute Gasteiger partial charge is 0.314 e. The first-order valence-corrected chi connectivity index (χ1v) is 5.08. The van der Waals surface area contributed by atoms with E-state index in [1.165, 1.54) is 12.8 Å². The van der Waals surface area contributed by atoms with Gasteiger partial charge in [-0.1, -0.05) is 27.2 Å². The van der Waals surface area contributed by atoms with Gasteiger partial charge in [0.1, 0.15) is 5.76 Å². The van der Waals surface area contributed by atoms with Crippen LogP contribution in [0.2, 0.25) is 0 Å². The maximum Gasteiger partial charge on any atom is 0.314 e. The van der Waals surface area contributed by atoms with Gasteiger partial charge in [0, 0.05) is 5.92 Å². The summed E-state index contributed by atoms with van der Waals surface area (Å²) in [6.45, 7) is 6.13. The van der Waals surface area contributed by atoms with Crippen LogP contribution in [0.25, 0.3) is 0 Å². The predicted molar refractivity (Wildman–Crippen MR) is 52.0 cm³/mol. The first-order valence-electron chi connectivity index (χ1n) is 5.08. The molecule has 13 heavy (non-hydrogen) atoms. The molecule has 0 aromatic rings. The summed E-state index contributed by atoms with van der Waals surface area (Å²) in [5, 5.41) is 0. The fourth-order valence-electron chi connectivity index (χ4n) is 1.43. The maximum atomic E-state index is 11.2. The van der Waals surface area contributed by atoms with Crippen molar-refractivity contribution in [2.24, 2.45) is 11.8 Å². The van der Waals surface area contributed by atoms with E-state index in [2.05, 4.69) is 13.0 Å². The Morgan fingerprint density at radius 3 is 2.54 bits per heavy atom. The number of ether oxygens (including phenoxy) is 1. The summed E-state index contributed by atoms with van der Waals surface area (Å²) in [6, 6.07) is 0. The lowest BCUT2D eigenvalue weighted by Gasteiger charge is -2.03. The van der Waals surface area contributed by atoms with Crippen LogP contribution in [0, 0.1) is 11.8 Å². The Balaban J connectivity index is 2.52. The monoisotopic (exact) mass is 182 g/mol. The number of esters is 1. The highest BCUT2D eigenvalue weighted by Crippen LogP contribution is 2.30. The molecule has 0 bridgehead atoms. The lowest BCUT2D eigenvalue weighted by atomic mass is 9.97. The minimum atomic E-state index is -0.0738. The highest BCUT2D eigenvalue weighted by atomic mass is 16.5. The first-order chi connectivity index (χ1) is 6.16. The van der Waals surface area contributed by atoms with Gasteiger partial charge in [-0.2, -0.15) is 0 Å². The molecule has 1 aliphatic heterocycles. The minimum absolute atomic E-state index is 0.0351. The summed E-state index contributed by atoms with van der Waals surface area (Å²) < 4.78 is 5.15. The number of carbonyl (C=O) groups excluding carboxylic acids is 1. The number of carbonyl (C=O) groups is 1. The zero-order valence-corrected chi connectivity index (χ0v) is 8.67. The second kappa shape index (κ2) is 4.45. The van der Waals surface area contributed by atoms with Crippen molar-refractivity contribution >= 4 is 5.97 Å². The van der Waals surface area contributed by atoms with Gasteiger partial charge in [0.05, 0.1) is 5.92 Å². The predicted octanol–water partition coefficient (Wildman–Crippen LogP) is 2.89. The van der Waals surface area contributed by atoms with Crippen LogP contribution in [0.3, 0.4) is 0 Å². The molecule has 0 amide bonds. The number of allylic oxidation sites excluding steroid dienone is 2. The average Bonchev–Trinajstić information content (AvgIpc) is 2.34. The lowest BCUT2D eigenvalue weighted by molar-refractivity contribution is -0.138. The van der Waals surface area contributed by atoms with Gasteiger partial charge in [-0.25, -0.2) is 0 Å². The Labute approximate surface area is 80.0 Å². The molecule has 1 heterocycles. The van der Waals surface area contributed by atoms with Crippen molar-refractivity contribution in [3.63, 3.8) is 0 Å². The van der Waals surface area contributed by atoms with Gasteiger partial charge >= 0.3 is 5.97 Å². The normalized spacial score (nSPS) is 31.0. The van der Waals surface area contributed by atoms with Gasteiger partial charge in [0.15, 0.2) is 0 Å². The molecule has 0 saturated carbocycles. The summed E-state index contributed by atoms with van der Waals surface area (Å²) in [7, 11) is 0. The molecular formula is C11H18O2. The molecule has 0 radical (unpaired) electrons. The minimum Gasteiger partial charge on any atom is -0.431 e. The van der Waals surface area contributed by atoms with Crippen LogP contribution in [-0.4, -0.2) is 5.97 Å². The van der Waals surface area contributed by atoms with Gasteiger partial charge in [0.2, 0.25) is 0 Å². The molecule has 0 N–H and O–H groups in total. The quantitative estimate of drug-likeness (QED) is 0.495. The van der Waals surface area contributed by atoms with Crippen LogP contribution in [0.15, 0.2) is 11.8 Å². The van der Waals surface area contributed by atoms with Gasteiger partial charge in [-0.3, -0.25) is 4.79 Å². The maximum absolute atomic E-state index is 11.2. The topological polar surface area (TPSA) is 26.3 Å². The van der Waals surface area contributed by atoms with E-state index in [0.29, 0.717) is 0 Å². The SMILES string of the molecule is CCCCC=C1OC(=O)C(C)C1C. The van der Waals surface area contributed by atoms with Crippen LogP contribution in [0.1, 0.15) is 40.0 Å². The highest BCUT2D eigenvalue weighted by Gasteiger charge is 2.33. The summed E-state index contributed by atoms with van der Waals surface area (Å²) in [6.07, 6.45) is 5.44. The van der Waals surface area contributed by atoms with Crippen molar-refractivity contribution in [2.45, 2.75) is 40.0 Å². The molecule has 0 aliphatic carbocycles. The zero-order valence-electron chi connectivity index (χ0n) is 8.67. The fraction of sp³-hybridized carbons (Fsp3) is 0.727. The summed E-state index contributed by atoms with van der Waals surface area (Å²) in [4.78, 5) is 11.2. The third-order valence-electron chi connectivity index (χ3n) is 2.69. The molecule has 2 heteroatoms. The fourth-order valence-corrected chi connectivity index (χ4v) is 1.43. The van der Waals surface area contributed by atoms with Gasteiger partial charge < -0.3 is 4.74 Å². The molecular weight excluding hydrogens is 164 g/mol. The number of hydrogen-bond donors (Lipinski definition) is 0. The van der Waals surface area contributed by atoms with E-state index in [1.54, 1.807) is 0 Å². The molecule has 0 spiro atoms. The van der Waals surface area contributed by atoms with Gasteiger partial charge in [-0.05, 0) is 18.9 Å². The van der Waals surface area contributed by atoms with Crippen molar-refractivity contribution in [3.05, 3.63) is 11.8 Å². The number of cyclic esters (lactones) is 1. The number of hydrogen-bond acceptors (Lipinski definition) is 2. The van der Waals surface area contributed by atoms with Crippen molar-refractivity contribution < 1.29 is 9.53 Å². The second-order valence-electron chi connectivity index (χ2n) is 3.75. The standard InChI is InChI=1S/C11H18O2/c1-4-5-6-7-10-8(2)9(3)11(12)13-10/h7-9H,4-6H2,1-3H3. The third kappa shape index (κ3) is 2.33. The van der Waals surface area contributed by atoms with E-state index >= 15 is 0 Å². The van der Waals surface area contributed by atoms with Crippen LogP contribution >= 0.6 is 0 Å². The lowest BCUT2D eigenvalue weighted by Crippen LogP contribution is -2.07. The molecule has 1 saturated heterocycles. The Bertz CT molecular complexity index is 218. The van der Waals surface area contributed by atoms with Crippen LogP contribution < -0.4 is 0 Å². The van der Waals surface area contributed by atoms with Crippen molar-refractivity contribution in [1.29, 1.82) is 0 Å². The first kappa shape index (κ1) is 10.3. The van der Waals surface area contributed by atoms with Crippen molar-refractivity contribution in [2.75, 3.05) is 0 Å². The number of unbranched alkanes of at least 4 members (excludes halogenated alkanes) is 2. The third-order valence-corrected chi connectivity index (χ3v) is 2.69. The summed E-state index contributed by atoms with van der Waals surface area (Å²) in [5.41, 5.74) is 0. The van der Waals surface area contributed by atoms with Crippen LogP contribution in [-0.2, 0) is 9.53 Å². The van der Waals surface area contributed by atoms with Crippen LogP contribution in [0.5, 0.6) is 0 Å². The molecule has 2 unspecified atom stereocenters. The molecule has 2 nitrogen and oxygen atoms in total. The Hall–Kier alpha value is -0.790. The molecule has 1 rings (SSSR count). The summed E-state index contributed by atoms with van der Waals surface area (Å²) >= 11 is 0. The number of rotatable bonds is 3. The van der Waals surface area contributed by atoms with E-state index in [1.807, 2.05) is 13.8 Å². The molecule has 1 fully saturated rings. The molecule has 2 atom stereocenters. The van der Waals surface area contributed by atoms with E-state index in [9.17, 15) is 4.79 Å². The average molecular weight is 182 g/mol.